The summed E-state index contributed by atoms with van der Waals surface area (Å²) in [5.74, 6) is 0. The van der Waals surface area contributed by atoms with Gasteiger partial charge in [-0.15, -0.1) is 0 Å². The third-order valence-corrected chi connectivity index (χ3v) is 2.94. The van der Waals surface area contributed by atoms with Gasteiger partial charge < -0.3 is 5.73 Å². The van der Waals surface area contributed by atoms with Crippen molar-refractivity contribution in [1.29, 1.82) is 0 Å². The standard InChI is InChI=1S/C14H27N/c1-6-14(15,7-2)11-13(5)10-8-9-12(3)4/h9,11H,6-8,10,15H2,1-5H3/b13-11-. The molecule has 0 amide bonds. The molecule has 2 N–H and O–H groups in total. The van der Waals surface area contributed by atoms with Crippen LogP contribution in [0.5, 0.6) is 0 Å². The van der Waals surface area contributed by atoms with E-state index in [1.54, 1.807) is 0 Å². The number of allylic oxidation sites excluding steroid dienone is 3. The Morgan fingerprint density at radius 3 is 2.07 bits per heavy atom. The molecular weight excluding hydrogens is 182 g/mol. The van der Waals surface area contributed by atoms with Gasteiger partial charge in [0.2, 0.25) is 0 Å². The quantitative estimate of drug-likeness (QED) is 0.652. The van der Waals surface area contributed by atoms with Crippen LogP contribution in [-0.4, -0.2) is 5.54 Å². The second kappa shape index (κ2) is 6.84. The van der Waals surface area contributed by atoms with Gasteiger partial charge >= 0.3 is 0 Å². The Kier molecular flexibility index (Phi) is 6.58. The molecule has 0 unspecified atom stereocenters. The van der Waals surface area contributed by atoms with E-state index < -0.39 is 0 Å². The molecule has 0 heterocycles. The smallest absolute Gasteiger partial charge is 0.0336 e. The molecular formula is C14H27N. The Morgan fingerprint density at radius 2 is 1.67 bits per heavy atom. The number of nitrogens with two attached hydrogens (primary N) is 1. The zero-order valence-electron chi connectivity index (χ0n) is 11.1. The van der Waals surface area contributed by atoms with Crippen molar-refractivity contribution in [3.63, 3.8) is 0 Å². The van der Waals surface area contributed by atoms with Gasteiger partial charge in [-0.25, -0.2) is 0 Å². The van der Waals surface area contributed by atoms with Crippen LogP contribution in [0, 0.1) is 0 Å². The fourth-order valence-electron chi connectivity index (χ4n) is 1.61. The Balaban J connectivity index is 4.24. The van der Waals surface area contributed by atoms with Gasteiger partial charge in [0.25, 0.3) is 0 Å². The van der Waals surface area contributed by atoms with Crippen LogP contribution in [0.2, 0.25) is 0 Å². The van der Waals surface area contributed by atoms with Crippen LogP contribution in [0.1, 0.15) is 60.3 Å². The predicted molar refractivity (Wildman–Crippen MR) is 69.9 cm³/mol. The van der Waals surface area contributed by atoms with E-state index in [0.29, 0.717) is 0 Å². The van der Waals surface area contributed by atoms with Crippen molar-refractivity contribution >= 4 is 0 Å². The molecule has 0 aromatic heterocycles. The van der Waals surface area contributed by atoms with Gasteiger partial charge in [-0.05, 0) is 46.5 Å². The molecule has 0 spiro atoms. The lowest BCUT2D eigenvalue weighted by Gasteiger charge is -2.23. The molecule has 0 aromatic rings. The summed E-state index contributed by atoms with van der Waals surface area (Å²) in [5, 5.41) is 0. The summed E-state index contributed by atoms with van der Waals surface area (Å²) in [5.41, 5.74) is 8.96. The van der Waals surface area contributed by atoms with Gasteiger partial charge in [0.1, 0.15) is 0 Å². The molecule has 0 aliphatic heterocycles. The van der Waals surface area contributed by atoms with E-state index >= 15 is 0 Å². The molecule has 0 aromatic carbocycles. The first-order valence-electron chi connectivity index (χ1n) is 6.04. The molecule has 1 nitrogen and oxygen atoms in total. The maximum absolute atomic E-state index is 6.24. The van der Waals surface area contributed by atoms with Crippen LogP contribution in [0.15, 0.2) is 23.3 Å². The largest absolute Gasteiger partial charge is 0.322 e. The Labute approximate surface area is 95.4 Å². The Morgan fingerprint density at radius 1 is 1.13 bits per heavy atom. The van der Waals surface area contributed by atoms with Gasteiger partial charge in [-0.3, -0.25) is 0 Å². The molecule has 15 heavy (non-hydrogen) atoms. The summed E-state index contributed by atoms with van der Waals surface area (Å²) >= 11 is 0. The highest BCUT2D eigenvalue weighted by Gasteiger charge is 2.16. The SMILES string of the molecule is CCC(N)(/C=C(/C)CCC=C(C)C)CC. The van der Waals surface area contributed by atoms with E-state index in [2.05, 4.69) is 46.8 Å². The van der Waals surface area contributed by atoms with Gasteiger partial charge in [0.15, 0.2) is 0 Å². The van der Waals surface area contributed by atoms with E-state index in [9.17, 15) is 0 Å². The molecule has 0 fully saturated rings. The van der Waals surface area contributed by atoms with E-state index in [4.69, 9.17) is 5.73 Å². The highest BCUT2D eigenvalue weighted by Crippen LogP contribution is 2.17. The van der Waals surface area contributed by atoms with E-state index in [1.165, 1.54) is 11.1 Å². The molecule has 0 aliphatic carbocycles. The second-order valence-corrected chi connectivity index (χ2v) is 4.75. The van der Waals surface area contributed by atoms with E-state index in [-0.39, 0.29) is 5.54 Å². The normalized spacial score (nSPS) is 12.8. The topological polar surface area (TPSA) is 26.0 Å². The first-order chi connectivity index (χ1) is 6.93. The minimum atomic E-state index is -0.0882. The average Bonchev–Trinajstić information content (AvgIpc) is 2.17. The molecule has 0 rings (SSSR count). The first-order valence-corrected chi connectivity index (χ1v) is 6.04. The average molecular weight is 209 g/mol. The Bertz CT molecular complexity index is 228. The highest BCUT2D eigenvalue weighted by atomic mass is 14.7. The summed E-state index contributed by atoms with van der Waals surface area (Å²) < 4.78 is 0. The maximum atomic E-state index is 6.24. The van der Waals surface area contributed by atoms with Gasteiger partial charge in [0.05, 0.1) is 0 Å². The van der Waals surface area contributed by atoms with Crippen LogP contribution in [0.3, 0.4) is 0 Å². The third kappa shape index (κ3) is 6.51. The fraction of sp³-hybridized carbons (Fsp3) is 0.714. The van der Waals surface area contributed by atoms with Crippen molar-refractivity contribution < 1.29 is 0 Å². The summed E-state index contributed by atoms with van der Waals surface area (Å²) in [6.45, 7) is 10.8. The molecule has 0 bridgehead atoms. The highest BCUT2D eigenvalue weighted by molar-refractivity contribution is 5.12. The minimum absolute atomic E-state index is 0.0882. The van der Waals surface area contributed by atoms with Crippen molar-refractivity contribution in [2.24, 2.45) is 5.73 Å². The fourth-order valence-corrected chi connectivity index (χ4v) is 1.61. The summed E-state index contributed by atoms with van der Waals surface area (Å²) in [6.07, 6.45) is 8.84. The van der Waals surface area contributed by atoms with Crippen LogP contribution in [0.4, 0.5) is 0 Å². The van der Waals surface area contributed by atoms with Gasteiger partial charge in [-0.2, -0.15) is 0 Å². The Hall–Kier alpha value is -0.560. The number of rotatable bonds is 6. The monoisotopic (exact) mass is 209 g/mol. The molecule has 0 atom stereocenters. The molecule has 0 saturated heterocycles. The second-order valence-electron chi connectivity index (χ2n) is 4.75. The lowest BCUT2D eigenvalue weighted by molar-refractivity contribution is 0.489. The lowest BCUT2D eigenvalue weighted by atomic mass is 9.91. The van der Waals surface area contributed by atoms with Crippen LogP contribution in [0.25, 0.3) is 0 Å². The van der Waals surface area contributed by atoms with Crippen molar-refractivity contribution in [2.45, 2.75) is 65.8 Å². The van der Waals surface area contributed by atoms with Crippen LogP contribution < -0.4 is 5.73 Å². The molecule has 0 saturated carbocycles. The van der Waals surface area contributed by atoms with Crippen LogP contribution >= 0.6 is 0 Å². The number of hydrogen-bond acceptors (Lipinski definition) is 1. The van der Waals surface area contributed by atoms with Crippen molar-refractivity contribution in [3.8, 4) is 0 Å². The minimum Gasteiger partial charge on any atom is -0.322 e. The van der Waals surface area contributed by atoms with E-state index in [0.717, 1.165) is 25.7 Å². The van der Waals surface area contributed by atoms with Crippen molar-refractivity contribution in [1.82, 2.24) is 0 Å². The molecule has 88 valence electrons. The van der Waals surface area contributed by atoms with Gasteiger partial charge in [-0.1, -0.05) is 37.1 Å². The van der Waals surface area contributed by atoms with Gasteiger partial charge in [0, 0.05) is 5.54 Å². The zero-order valence-corrected chi connectivity index (χ0v) is 11.1. The summed E-state index contributed by atoms with van der Waals surface area (Å²) in [6, 6.07) is 0. The molecule has 0 radical (unpaired) electrons. The zero-order chi connectivity index (χ0) is 11.9. The predicted octanol–water partition coefficient (Wildman–Crippen LogP) is 4.20. The lowest BCUT2D eigenvalue weighted by Crippen LogP contribution is -2.36. The van der Waals surface area contributed by atoms with Crippen molar-refractivity contribution in [3.05, 3.63) is 23.3 Å². The summed E-state index contributed by atoms with van der Waals surface area (Å²) in [4.78, 5) is 0. The van der Waals surface area contributed by atoms with Crippen LogP contribution in [-0.2, 0) is 0 Å². The number of hydrogen-bond donors (Lipinski definition) is 1. The van der Waals surface area contributed by atoms with E-state index in [1.807, 2.05) is 0 Å². The maximum Gasteiger partial charge on any atom is 0.0336 e. The first kappa shape index (κ1) is 14.4. The molecule has 0 aliphatic rings. The van der Waals surface area contributed by atoms with Crippen molar-refractivity contribution in [2.75, 3.05) is 0 Å². The molecule has 1 heteroatoms. The summed E-state index contributed by atoms with van der Waals surface area (Å²) in [7, 11) is 0. The third-order valence-electron chi connectivity index (χ3n) is 2.94.